The van der Waals surface area contributed by atoms with Crippen molar-refractivity contribution in [2.75, 3.05) is 19.6 Å². The minimum absolute atomic E-state index is 0.0370. The molecule has 1 aliphatic rings. The maximum Gasteiger partial charge on any atom is 0.224 e. The zero-order chi connectivity index (χ0) is 16.8. The van der Waals surface area contributed by atoms with E-state index in [0.717, 1.165) is 31.5 Å². The average Bonchev–Trinajstić information content (AvgIpc) is 2.53. The van der Waals surface area contributed by atoms with Gasteiger partial charge in [-0.3, -0.25) is 9.59 Å². The number of piperidine rings is 1. The van der Waals surface area contributed by atoms with Crippen LogP contribution in [0, 0.1) is 5.92 Å². The lowest BCUT2D eigenvalue weighted by Crippen LogP contribution is -2.40. The van der Waals surface area contributed by atoms with Crippen molar-refractivity contribution in [3.8, 4) is 0 Å². The molecular formula is C18H25ClN2O2. The van der Waals surface area contributed by atoms with E-state index in [0.29, 0.717) is 30.5 Å². The number of amides is 2. The summed E-state index contributed by atoms with van der Waals surface area (Å²) in [5.74, 6) is 0.806. The second kappa shape index (κ2) is 8.34. The van der Waals surface area contributed by atoms with Crippen molar-refractivity contribution in [2.45, 2.75) is 39.7 Å². The predicted molar refractivity (Wildman–Crippen MR) is 92.1 cm³/mol. The molecule has 0 unspecified atom stereocenters. The number of rotatable bonds is 5. The standard InChI is InChI=1S/C18H25ClN2O2/c1-14-7-10-20(11-8-14)18(23)9-12-21(15(2)22)13-16-5-3-4-6-17(16)19/h3-6,14H,7-13H2,1-2H3. The molecule has 1 aromatic carbocycles. The van der Waals surface area contributed by atoms with Crippen LogP contribution in [0.3, 0.4) is 0 Å². The highest BCUT2D eigenvalue weighted by Gasteiger charge is 2.21. The van der Waals surface area contributed by atoms with Crippen molar-refractivity contribution >= 4 is 23.4 Å². The molecule has 2 rings (SSSR count). The molecule has 1 fully saturated rings. The van der Waals surface area contributed by atoms with Gasteiger partial charge in [0.15, 0.2) is 0 Å². The Kier molecular flexibility index (Phi) is 6.46. The molecule has 1 aliphatic heterocycles. The lowest BCUT2D eigenvalue weighted by molar-refractivity contribution is -0.134. The van der Waals surface area contributed by atoms with Gasteiger partial charge in [-0.15, -0.1) is 0 Å². The van der Waals surface area contributed by atoms with Crippen LogP contribution in [-0.4, -0.2) is 41.2 Å². The summed E-state index contributed by atoms with van der Waals surface area (Å²) in [6.07, 6.45) is 2.52. The summed E-state index contributed by atoms with van der Waals surface area (Å²) < 4.78 is 0. The number of carbonyl (C=O) groups excluding carboxylic acids is 2. The fourth-order valence-electron chi connectivity index (χ4n) is 2.83. The van der Waals surface area contributed by atoms with Crippen LogP contribution in [0.15, 0.2) is 24.3 Å². The second-order valence-corrected chi connectivity index (χ2v) is 6.75. The molecule has 1 saturated heterocycles. The molecule has 0 bridgehead atoms. The summed E-state index contributed by atoms with van der Waals surface area (Å²) >= 11 is 6.16. The predicted octanol–water partition coefficient (Wildman–Crippen LogP) is 3.34. The number of nitrogens with zero attached hydrogens (tertiary/aromatic N) is 2. The maximum absolute atomic E-state index is 12.3. The van der Waals surface area contributed by atoms with Crippen molar-refractivity contribution in [1.29, 1.82) is 0 Å². The molecule has 1 heterocycles. The summed E-state index contributed by atoms with van der Waals surface area (Å²) in [5, 5.41) is 0.648. The monoisotopic (exact) mass is 336 g/mol. The van der Waals surface area contributed by atoms with E-state index in [1.165, 1.54) is 6.92 Å². The van der Waals surface area contributed by atoms with E-state index < -0.39 is 0 Å². The van der Waals surface area contributed by atoms with Gasteiger partial charge in [0.05, 0.1) is 0 Å². The minimum atomic E-state index is -0.0370. The van der Waals surface area contributed by atoms with Crippen molar-refractivity contribution < 1.29 is 9.59 Å². The Labute approximate surface area is 143 Å². The Morgan fingerprint density at radius 3 is 2.52 bits per heavy atom. The number of benzene rings is 1. The van der Waals surface area contributed by atoms with Crippen molar-refractivity contribution in [3.63, 3.8) is 0 Å². The molecular weight excluding hydrogens is 312 g/mol. The Bertz CT molecular complexity index is 554. The summed E-state index contributed by atoms with van der Waals surface area (Å²) in [7, 11) is 0. The Morgan fingerprint density at radius 1 is 1.26 bits per heavy atom. The first kappa shape index (κ1) is 17.8. The fraction of sp³-hybridized carbons (Fsp3) is 0.556. The Morgan fingerprint density at radius 2 is 1.91 bits per heavy atom. The van der Waals surface area contributed by atoms with E-state index in [-0.39, 0.29) is 11.8 Å². The van der Waals surface area contributed by atoms with Gasteiger partial charge in [0, 0.05) is 44.5 Å². The van der Waals surface area contributed by atoms with Crippen LogP contribution in [-0.2, 0) is 16.1 Å². The van der Waals surface area contributed by atoms with Gasteiger partial charge in [0.25, 0.3) is 0 Å². The molecule has 4 nitrogen and oxygen atoms in total. The molecule has 5 heteroatoms. The van der Waals surface area contributed by atoms with Gasteiger partial charge in [-0.05, 0) is 30.4 Å². The van der Waals surface area contributed by atoms with Gasteiger partial charge < -0.3 is 9.80 Å². The fourth-order valence-corrected chi connectivity index (χ4v) is 3.02. The molecule has 1 aromatic rings. The van der Waals surface area contributed by atoms with Gasteiger partial charge in [-0.25, -0.2) is 0 Å². The van der Waals surface area contributed by atoms with Crippen LogP contribution < -0.4 is 0 Å². The third kappa shape index (κ3) is 5.24. The molecule has 126 valence electrons. The van der Waals surface area contributed by atoms with E-state index in [9.17, 15) is 9.59 Å². The number of halogens is 1. The molecule has 23 heavy (non-hydrogen) atoms. The van der Waals surface area contributed by atoms with Crippen LogP contribution in [0.2, 0.25) is 5.02 Å². The SMILES string of the molecule is CC(=O)N(CCC(=O)N1CCC(C)CC1)Cc1ccccc1Cl. The first-order valence-electron chi connectivity index (χ1n) is 8.24. The largest absolute Gasteiger partial charge is 0.343 e. The third-order valence-electron chi connectivity index (χ3n) is 4.50. The summed E-state index contributed by atoms with van der Waals surface area (Å²) in [6.45, 7) is 6.31. The zero-order valence-corrected chi connectivity index (χ0v) is 14.7. The highest BCUT2D eigenvalue weighted by molar-refractivity contribution is 6.31. The first-order chi connectivity index (χ1) is 11.0. The molecule has 0 aromatic heterocycles. The normalized spacial score (nSPS) is 15.5. The van der Waals surface area contributed by atoms with E-state index >= 15 is 0 Å². The van der Waals surface area contributed by atoms with Crippen LogP contribution in [0.5, 0.6) is 0 Å². The molecule has 2 amide bonds. The third-order valence-corrected chi connectivity index (χ3v) is 4.87. The van der Waals surface area contributed by atoms with Gasteiger partial charge in [-0.1, -0.05) is 36.7 Å². The van der Waals surface area contributed by atoms with Crippen molar-refractivity contribution in [1.82, 2.24) is 9.80 Å². The Hall–Kier alpha value is -1.55. The van der Waals surface area contributed by atoms with Crippen LogP contribution in [0.1, 0.15) is 38.7 Å². The summed E-state index contributed by atoms with van der Waals surface area (Å²) in [5.41, 5.74) is 0.906. The van der Waals surface area contributed by atoms with E-state index in [2.05, 4.69) is 6.92 Å². The van der Waals surface area contributed by atoms with Crippen molar-refractivity contribution in [2.24, 2.45) is 5.92 Å². The molecule has 0 radical (unpaired) electrons. The van der Waals surface area contributed by atoms with E-state index in [4.69, 9.17) is 11.6 Å². The number of carbonyl (C=O) groups is 2. The molecule has 0 saturated carbocycles. The van der Waals surface area contributed by atoms with Gasteiger partial charge in [-0.2, -0.15) is 0 Å². The summed E-state index contributed by atoms with van der Waals surface area (Å²) in [4.78, 5) is 27.8. The first-order valence-corrected chi connectivity index (χ1v) is 8.62. The molecule has 0 atom stereocenters. The van der Waals surface area contributed by atoms with Crippen LogP contribution in [0.4, 0.5) is 0 Å². The molecule has 0 spiro atoms. The quantitative estimate of drug-likeness (QED) is 0.827. The van der Waals surface area contributed by atoms with Crippen LogP contribution in [0.25, 0.3) is 0 Å². The minimum Gasteiger partial charge on any atom is -0.343 e. The van der Waals surface area contributed by atoms with Crippen molar-refractivity contribution in [3.05, 3.63) is 34.9 Å². The van der Waals surface area contributed by atoms with E-state index in [1.54, 1.807) is 4.90 Å². The average molecular weight is 337 g/mol. The lowest BCUT2D eigenvalue weighted by Gasteiger charge is -2.31. The molecule has 0 N–H and O–H groups in total. The smallest absolute Gasteiger partial charge is 0.224 e. The summed E-state index contributed by atoms with van der Waals surface area (Å²) in [6, 6.07) is 7.49. The Balaban J connectivity index is 1.89. The zero-order valence-electron chi connectivity index (χ0n) is 13.9. The number of hydrogen-bond donors (Lipinski definition) is 0. The van der Waals surface area contributed by atoms with Crippen LogP contribution >= 0.6 is 11.6 Å². The van der Waals surface area contributed by atoms with E-state index in [1.807, 2.05) is 29.2 Å². The highest BCUT2D eigenvalue weighted by atomic mass is 35.5. The van der Waals surface area contributed by atoms with Gasteiger partial charge in [0.1, 0.15) is 0 Å². The maximum atomic E-state index is 12.3. The second-order valence-electron chi connectivity index (χ2n) is 6.35. The van der Waals surface area contributed by atoms with Gasteiger partial charge >= 0.3 is 0 Å². The number of likely N-dealkylation sites (tertiary alicyclic amines) is 1. The van der Waals surface area contributed by atoms with Gasteiger partial charge in [0.2, 0.25) is 11.8 Å². The lowest BCUT2D eigenvalue weighted by atomic mass is 9.99. The molecule has 0 aliphatic carbocycles. The number of hydrogen-bond acceptors (Lipinski definition) is 2. The highest BCUT2D eigenvalue weighted by Crippen LogP contribution is 2.19. The topological polar surface area (TPSA) is 40.6 Å².